The number of para-hydroxylation sites is 1. The summed E-state index contributed by atoms with van der Waals surface area (Å²) >= 11 is 0. The summed E-state index contributed by atoms with van der Waals surface area (Å²) in [6, 6.07) is 16.7. The molecule has 3 atom stereocenters. The van der Waals surface area contributed by atoms with Crippen LogP contribution in [0, 0.1) is 5.21 Å². The van der Waals surface area contributed by atoms with Gasteiger partial charge in [0.05, 0.1) is 30.6 Å². The summed E-state index contributed by atoms with van der Waals surface area (Å²) in [5.74, 6) is -1.13. The normalized spacial score (nSPS) is 20.6. The molecule has 240 valence electrons. The number of ether oxygens (including phenoxy) is 3. The number of carbonyl (C=O) groups is 2. The number of esters is 1. The van der Waals surface area contributed by atoms with Gasteiger partial charge in [0.25, 0.3) is 5.91 Å². The molecule has 2 aliphatic rings. The van der Waals surface area contributed by atoms with Crippen molar-refractivity contribution in [2.24, 2.45) is 0 Å². The third kappa shape index (κ3) is 6.98. The molecule has 2 unspecified atom stereocenters. The van der Waals surface area contributed by atoms with Gasteiger partial charge in [-0.25, -0.2) is 8.42 Å². The molecule has 0 bridgehead atoms. The van der Waals surface area contributed by atoms with Gasteiger partial charge in [0.15, 0.2) is 11.9 Å². The zero-order valence-electron chi connectivity index (χ0n) is 25.7. The first kappa shape index (κ1) is 32.4. The lowest BCUT2D eigenvalue weighted by molar-refractivity contribution is -0.614. The Balaban J connectivity index is 1.55. The molecule has 1 saturated heterocycles. The molecule has 45 heavy (non-hydrogen) atoms. The number of benzene rings is 2. The molecule has 0 spiro atoms. The molecule has 1 aliphatic carbocycles. The van der Waals surface area contributed by atoms with Crippen LogP contribution >= 0.6 is 0 Å². The monoisotopic (exact) mass is 637 g/mol. The molecule has 3 aromatic rings. The van der Waals surface area contributed by atoms with Gasteiger partial charge in [-0.3, -0.25) is 9.59 Å². The van der Waals surface area contributed by atoms with Crippen molar-refractivity contribution in [3.63, 3.8) is 0 Å². The van der Waals surface area contributed by atoms with E-state index in [2.05, 4.69) is 0 Å². The van der Waals surface area contributed by atoms with Gasteiger partial charge in [-0.05, 0) is 37.1 Å². The van der Waals surface area contributed by atoms with E-state index in [1.807, 2.05) is 18.2 Å². The molecule has 1 aromatic heterocycles. The Labute approximate surface area is 263 Å². The van der Waals surface area contributed by atoms with E-state index in [9.17, 15) is 23.2 Å². The van der Waals surface area contributed by atoms with Gasteiger partial charge < -0.3 is 24.3 Å². The second kappa shape index (κ2) is 14.0. The summed E-state index contributed by atoms with van der Waals surface area (Å²) in [5.41, 5.74) is 1.33. The van der Waals surface area contributed by atoms with Crippen molar-refractivity contribution >= 4 is 21.9 Å². The average Bonchev–Trinajstić information content (AvgIpc) is 3.70. The van der Waals surface area contributed by atoms with Crippen LogP contribution in [-0.4, -0.2) is 82.1 Å². The molecule has 1 amide bonds. The third-order valence-corrected chi connectivity index (χ3v) is 10.3. The maximum absolute atomic E-state index is 14.4. The van der Waals surface area contributed by atoms with E-state index in [-0.39, 0.29) is 42.0 Å². The molecule has 1 saturated carbocycles. The highest BCUT2D eigenvalue weighted by Gasteiger charge is 2.54. The maximum atomic E-state index is 14.4. The summed E-state index contributed by atoms with van der Waals surface area (Å²) in [7, 11) is 0.375. The minimum Gasteiger partial charge on any atom is -0.619 e. The van der Waals surface area contributed by atoms with Crippen LogP contribution in [0.2, 0.25) is 0 Å². The number of carbonyl (C=O) groups excluding carboxylic acids is 2. The summed E-state index contributed by atoms with van der Waals surface area (Å²) in [6.07, 6.45) is 4.05. The lowest BCUT2D eigenvalue weighted by atomic mass is 9.92. The lowest BCUT2D eigenvalue weighted by Gasteiger charge is -2.29. The minimum atomic E-state index is -4.34. The third-order valence-electron chi connectivity index (χ3n) is 8.43. The smallest absolute Gasteiger partial charge is 0.327 e. The number of sulfonamides is 1. The molecule has 5 rings (SSSR count). The predicted molar refractivity (Wildman–Crippen MR) is 165 cm³/mol. The molecule has 0 N–H and O–H groups in total. The van der Waals surface area contributed by atoms with E-state index >= 15 is 0 Å². The molecule has 0 radical (unpaired) electrons. The highest BCUT2D eigenvalue weighted by Crippen LogP contribution is 2.43. The van der Waals surface area contributed by atoms with Crippen LogP contribution in [-0.2, 0) is 30.7 Å². The van der Waals surface area contributed by atoms with Crippen LogP contribution < -0.4 is 9.47 Å². The Kier molecular flexibility index (Phi) is 10.1. The maximum Gasteiger partial charge on any atom is 0.327 e. The van der Waals surface area contributed by atoms with E-state index in [4.69, 9.17) is 14.2 Å². The fourth-order valence-corrected chi connectivity index (χ4v) is 7.80. The second-order valence-corrected chi connectivity index (χ2v) is 13.4. The van der Waals surface area contributed by atoms with Crippen LogP contribution in [0.1, 0.15) is 53.2 Å². The molecular formula is C33H39N3O8S. The van der Waals surface area contributed by atoms with Crippen LogP contribution in [0.4, 0.5) is 0 Å². The van der Waals surface area contributed by atoms with E-state index in [1.165, 1.54) is 29.3 Å². The highest BCUT2D eigenvalue weighted by atomic mass is 32.2. The van der Waals surface area contributed by atoms with Gasteiger partial charge in [-0.15, -0.1) is 0 Å². The summed E-state index contributed by atoms with van der Waals surface area (Å²) < 4.78 is 48.7. The van der Waals surface area contributed by atoms with Crippen molar-refractivity contribution in [2.45, 2.75) is 61.2 Å². The molecule has 1 aliphatic heterocycles. The molecule has 12 heteroatoms. The van der Waals surface area contributed by atoms with E-state index in [0.29, 0.717) is 21.7 Å². The highest BCUT2D eigenvalue weighted by molar-refractivity contribution is 7.89. The Morgan fingerprint density at radius 3 is 2.47 bits per heavy atom. The molecular weight excluding hydrogens is 598 g/mol. The number of rotatable bonds is 11. The minimum absolute atomic E-state index is 0.0784. The van der Waals surface area contributed by atoms with E-state index in [0.717, 1.165) is 30.0 Å². The Morgan fingerprint density at radius 2 is 1.76 bits per heavy atom. The number of methoxy groups -OCH3 is 1. The zero-order valence-corrected chi connectivity index (χ0v) is 26.5. The van der Waals surface area contributed by atoms with Gasteiger partial charge in [0.1, 0.15) is 18.4 Å². The standard InChI is InChI=1S/C33H39N3O8S/c1-34(2)32(37)23-11-10-15-26(21-23)45(40,41)36-22-28(27-16-6-7-17-29(27)42-3)31(44-25-13-4-5-14-25)30(36)33(38)43-20-18-24-12-8-9-19-35(24)39/h6-12,15-17,19,21,25,28,30-31H,4-5,13-14,18,20,22H2,1-3H3/t28?,30-,31?/m0/s1. The van der Waals surface area contributed by atoms with Crippen molar-refractivity contribution in [3.05, 3.63) is 95.0 Å². The summed E-state index contributed by atoms with van der Waals surface area (Å²) in [6.45, 7) is -0.206. The fraction of sp³-hybridized carbons (Fsp3) is 0.424. The Bertz CT molecular complexity index is 1620. The predicted octanol–water partition coefficient (Wildman–Crippen LogP) is 3.30. The van der Waals surface area contributed by atoms with Crippen molar-refractivity contribution in [3.8, 4) is 5.75 Å². The van der Waals surface area contributed by atoms with E-state index in [1.54, 1.807) is 51.5 Å². The van der Waals surface area contributed by atoms with Crippen LogP contribution in [0.3, 0.4) is 0 Å². The number of amides is 1. The van der Waals surface area contributed by atoms with Gasteiger partial charge in [-0.1, -0.05) is 43.2 Å². The lowest BCUT2D eigenvalue weighted by Crippen LogP contribution is -2.48. The average molecular weight is 638 g/mol. The van der Waals surface area contributed by atoms with E-state index < -0.39 is 34.1 Å². The zero-order chi connectivity index (χ0) is 32.1. The van der Waals surface area contributed by atoms with Crippen LogP contribution in [0.25, 0.3) is 0 Å². The number of nitrogens with zero attached hydrogens (tertiary/aromatic N) is 3. The molecule has 2 heterocycles. The van der Waals surface area contributed by atoms with Crippen LogP contribution in [0.5, 0.6) is 5.75 Å². The molecule has 11 nitrogen and oxygen atoms in total. The first-order chi connectivity index (χ1) is 21.6. The largest absolute Gasteiger partial charge is 0.619 e. The summed E-state index contributed by atoms with van der Waals surface area (Å²) in [5, 5.41) is 12.1. The number of hydrogen-bond donors (Lipinski definition) is 0. The number of pyridine rings is 1. The Hall–Kier alpha value is -4.00. The summed E-state index contributed by atoms with van der Waals surface area (Å²) in [4.78, 5) is 28.0. The Morgan fingerprint density at radius 1 is 1.02 bits per heavy atom. The van der Waals surface area contributed by atoms with Gasteiger partial charge in [0.2, 0.25) is 10.0 Å². The van der Waals surface area contributed by atoms with Gasteiger partial charge >= 0.3 is 5.97 Å². The van der Waals surface area contributed by atoms with Gasteiger partial charge in [-0.2, -0.15) is 9.04 Å². The van der Waals surface area contributed by atoms with Crippen LogP contribution in [0.15, 0.2) is 77.8 Å². The fourth-order valence-electron chi connectivity index (χ4n) is 6.14. The van der Waals surface area contributed by atoms with Crippen molar-refractivity contribution in [1.82, 2.24) is 9.21 Å². The van der Waals surface area contributed by atoms with Crippen molar-refractivity contribution in [1.29, 1.82) is 0 Å². The molecule has 2 aromatic carbocycles. The van der Waals surface area contributed by atoms with Crippen molar-refractivity contribution in [2.75, 3.05) is 34.4 Å². The second-order valence-electron chi connectivity index (χ2n) is 11.5. The first-order valence-corrected chi connectivity index (χ1v) is 16.5. The number of aromatic nitrogens is 1. The topological polar surface area (TPSA) is 129 Å². The van der Waals surface area contributed by atoms with Crippen molar-refractivity contribution < 1.29 is 36.9 Å². The van der Waals surface area contributed by atoms with Gasteiger partial charge in [0, 0.05) is 49.8 Å². The quantitative estimate of drug-likeness (QED) is 0.178. The molecule has 2 fully saturated rings. The number of hydrogen-bond acceptors (Lipinski definition) is 8. The first-order valence-electron chi connectivity index (χ1n) is 15.1. The SMILES string of the molecule is COc1ccccc1C1CN(S(=O)(=O)c2cccc(C(=O)N(C)C)c2)[C@H](C(=O)OCCc2cccc[n+]2[O-])C1OC1CCCC1.